The van der Waals surface area contributed by atoms with Crippen LogP contribution in [-0.4, -0.2) is 53.6 Å². The first-order valence-electron chi connectivity index (χ1n) is 10.1. The number of hydrogen-bond donors (Lipinski definition) is 1. The quantitative estimate of drug-likeness (QED) is 0.523. The van der Waals surface area contributed by atoms with Gasteiger partial charge in [-0.2, -0.15) is 0 Å². The van der Waals surface area contributed by atoms with Crippen LogP contribution in [0.4, 0.5) is 0 Å². The minimum Gasteiger partial charge on any atom is -0.375 e. The molecule has 0 fully saturated rings. The molecule has 0 bridgehead atoms. The number of hydrogen-bond acceptors (Lipinski definition) is 4. The number of fused-ring (bicyclic) bond motifs is 1. The number of likely N-dealkylation sites (N-methyl/N-ethyl adjacent to an activating group) is 1. The number of methoxy groups -OCH3 is 1. The zero-order chi connectivity index (χ0) is 21.3. The lowest BCUT2D eigenvalue weighted by molar-refractivity contribution is -0.131. The molecule has 1 N–H and O–H groups in total. The molecule has 0 radical (unpaired) electrons. The summed E-state index contributed by atoms with van der Waals surface area (Å²) in [7, 11) is 3.31. The second-order valence-corrected chi connectivity index (χ2v) is 7.22. The number of para-hydroxylation sites is 2. The minimum atomic E-state index is -0.135. The zero-order valence-electron chi connectivity index (χ0n) is 17.5. The molecule has 0 spiro atoms. The second kappa shape index (κ2) is 10.5. The first-order valence-corrected chi connectivity index (χ1v) is 10.1. The molecule has 30 heavy (non-hydrogen) atoms. The van der Waals surface area contributed by atoms with E-state index in [9.17, 15) is 9.59 Å². The third-order valence-electron chi connectivity index (χ3n) is 4.89. The third-order valence-corrected chi connectivity index (χ3v) is 4.89. The Morgan fingerprint density at radius 3 is 2.60 bits per heavy atom. The molecule has 0 aliphatic heterocycles. The number of imidazole rings is 1. The predicted molar refractivity (Wildman–Crippen MR) is 116 cm³/mol. The Morgan fingerprint density at radius 2 is 1.83 bits per heavy atom. The Bertz CT molecular complexity index is 985. The molecule has 158 valence electrons. The lowest BCUT2D eigenvalue weighted by atomic mass is 10.2. The average Bonchev–Trinajstić information content (AvgIpc) is 3.09. The van der Waals surface area contributed by atoms with Gasteiger partial charge in [-0.05, 0) is 24.1 Å². The summed E-state index contributed by atoms with van der Waals surface area (Å²) >= 11 is 0. The van der Waals surface area contributed by atoms with E-state index in [1.165, 1.54) is 7.11 Å². The molecule has 0 saturated heterocycles. The Labute approximate surface area is 176 Å². The fraction of sp³-hybridized carbons (Fsp3) is 0.348. The van der Waals surface area contributed by atoms with Crippen molar-refractivity contribution in [3.05, 3.63) is 66.0 Å². The molecule has 0 aliphatic carbocycles. The summed E-state index contributed by atoms with van der Waals surface area (Å²) in [5, 5.41) is 2.82. The number of aromatic nitrogens is 2. The Kier molecular flexibility index (Phi) is 7.57. The Hall–Kier alpha value is -3.19. The maximum Gasteiger partial charge on any atom is 0.245 e. The van der Waals surface area contributed by atoms with Gasteiger partial charge in [0.2, 0.25) is 11.8 Å². The lowest BCUT2D eigenvalue weighted by Crippen LogP contribution is -2.30. The van der Waals surface area contributed by atoms with Gasteiger partial charge >= 0.3 is 0 Å². The van der Waals surface area contributed by atoms with Crippen molar-refractivity contribution in [2.24, 2.45) is 0 Å². The summed E-state index contributed by atoms with van der Waals surface area (Å²) in [6, 6.07) is 17.8. The van der Waals surface area contributed by atoms with Gasteiger partial charge in [-0.1, -0.05) is 42.5 Å². The smallest absolute Gasteiger partial charge is 0.245 e. The molecule has 1 aromatic heterocycles. The van der Waals surface area contributed by atoms with E-state index in [-0.39, 0.29) is 25.0 Å². The number of rotatable bonds is 10. The van der Waals surface area contributed by atoms with E-state index < -0.39 is 0 Å². The van der Waals surface area contributed by atoms with Crippen molar-refractivity contribution >= 4 is 22.8 Å². The van der Waals surface area contributed by atoms with Gasteiger partial charge in [-0.3, -0.25) is 9.59 Å². The highest BCUT2D eigenvalue weighted by atomic mass is 16.5. The van der Waals surface area contributed by atoms with Gasteiger partial charge < -0.3 is 19.5 Å². The van der Waals surface area contributed by atoms with Crippen molar-refractivity contribution in [1.82, 2.24) is 19.8 Å². The van der Waals surface area contributed by atoms with Gasteiger partial charge in [0.05, 0.1) is 11.0 Å². The van der Waals surface area contributed by atoms with Gasteiger partial charge in [0.15, 0.2) is 0 Å². The van der Waals surface area contributed by atoms with E-state index in [0.717, 1.165) is 28.8 Å². The molecule has 0 saturated carbocycles. The van der Waals surface area contributed by atoms with Crippen LogP contribution in [0.15, 0.2) is 54.6 Å². The summed E-state index contributed by atoms with van der Waals surface area (Å²) in [6.07, 6.45) is 1.39. The number of nitrogens with one attached hydrogen (secondary N) is 1. The topological polar surface area (TPSA) is 76.5 Å². The Balaban J connectivity index is 1.68. The highest BCUT2D eigenvalue weighted by Gasteiger charge is 2.16. The first-order chi connectivity index (χ1) is 14.6. The molecule has 0 atom stereocenters. The SMILES string of the molecule is COCC(=O)NCCCc1nc2ccccc2n1CC(=O)N(C)Cc1ccccc1. The molecule has 2 amide bonds. The molecule has 3 aromatic rings. The van der Waals surface area contributed by atoms with Crippen molar-refractivity contribution in [3.8, 4) is 0 Å². The average molecular weight is 409 g/mol. The van der Waals surface area contributed by atoms with Crippen LogP contribution in [0.1, 0.15) is 17.8 Å². The van der Waals surface area contributed by atoms with Crippen LogP contribution in [0.5, 0.6) is 0 Å². The van der Waals surface area contributed by atoms with Gasteiger partial charge in [0.1, 0.15) is 19.0 Å². The van der Waals surface area contributed by atoms with Crippen LogP contribution in [0.3, 0.4) is 0 Å². The lowest BCUT2D eigenvalue weighted by Gasteiger charge is -2.19. The van der Waals surface area contributed by atoms with Gasteiger partial charge in [0, 0.05) is 33.7 Å². The van der Waals surface area contributed by atoms with Crippen LogP contribution in [0.25, 0.3) is 11.0 Å². The maximum atomic E-state index is 12.9. The van der Waals surface area contributed by atoms with Crippen molar-refractivity contribution in [3.63, 3.8) is 0 Å². The molecule has 7 heteroatoms. The third kappa shape index (κ3) is 5.67. The van der Waals surface area contributed by atoms with Gasteiger partial charge in [0.25, 0.3) is 0 Å². The summed E-state index contributed by atoms with van der Waals surface area (Å²) in [5.74, 6) is 0.735. The highest BCUT2D eigenvalue weighted by molar-refractivity contribution is 5.81. The van der Waals surface area contributed by atoms with Crippen LogP contribution < -0.4 is 5.32 Å². The molecule has 0 unspecified atom stereocenters. The van der Waals surface area contributed by atoms with E-state index >= 15 is 0 Å². The number of benzene rings is 2. The zero-order valence-corrected chi connectivity index (χ0v) is 17.5. The summed E-state index contributed by atoms with van der Waals surface area (Å²) in [6.45, 7) is 1.39. The Morgan fingerprint density at radius 1 is 1.10 bits per heavy atom. The van der Waals surface area contributed by atoms with Gasteiger partial charge in [-0.25, -0.2) is 4.98 Å². The number of ether oxygens (including phenoxy) is 1. The number of amides is 2. The van der Waals surface area contributed by atoms with Crippen molar-refractivity contribution in [2.45, 2.75) is 25.9 Å². The standard InChI is InChI=1S/C23H28N4O3/c1-26(15-18-9-4-3-5-10-18)23(29)16-27-20-12-7-6-11-19(20)25-21(27)13-8-14-24-22(28)17-30-2/h3-7,9-12H,8,13-17H2,1-2H3,(H,24,28). The molecular formula is C23H28N4O3. The van der Waals surface area contributed by atoms with E-state index in [2.05, 4.69) is 5.32 Å². The van der Waals surface area contributed by atoms with Crippen molar-refractivity contribution < 1.29 is 14.3 Å². The van der Waals surface area contributed by atoms with Crippen LogP contribution >= 0.6 is 0 Å². The van der Waals surface area contributed by atoms with Crippen molar-refractivity contribution in [1.29, 1.82) is 0 Å². The number of carbonyl (C=O) groups excluding carboxylic acids is 2. The molecule has 0 aliphatic rings. The normalized spacial score (nSPS) is 10.9. The molecular weight excluding hydrogens is 380 g/mol. The predicted octanol–water partition coefficient (Wildman–Crippen LogP) is 2.39. The maximum absolute atomic E-state index is 12.9. The first kappa shape index (κ1) is 21.5. The number of carbonyl (C=O) groups is 2. The van der Waals surface area contributed by atoms with Crippen molar-refractivity contribution in [2.75, 3.05) is 27.3 Å². The van der Waals surface area contributed by atoms with Gasteiger partial charge in [-0.15, -0.1) is 0 Å². The van der Waals surface area contributed by atoms with Crippen LogP contribution in [0, 0.1) is 0 Å². The fourth-order valence-corrected chi connectivity index (χ4v) is 3.35. The molecule has 1 heterocycles. The van der Waals surface area contributed by atoms with E-state index in [4.69, 9.17) is 9.72 Å². The number of nitrogens with zero attached hydrogens (tertiary/aromatic N) is 3. The fourth-order valence-electron chi connectivity index (χ4n) is 3.35. The van der Waals surface area contributed by atoms with E-state index in [1.807, 2.05) is 66.2 Å². The second-order valence-electron chi connectivity index (χ2n) is 7.22. The number of aryl methyl sites for hydroxylation is 1. The van der Waals surface area contributed by atoms with Crippen LogP contribution in [0.2, 0.25) is 0 Å². The summed E-state index contributed by atoms with van der Waals surface area (Å²) in [4.78, 5) is 30.9. The van der Waals surface area contributed by atoms with E-state index in [1.54, 1.807) is 4.90 Å². The molecule has 7 nitrogen and oxygen atoms in total. The minimum absolute atomic E-state index is 0.0247. The largest absolute Gasteiger partial charge is 0.375 e. The highest BCUT2D eigenvalue weighted by Crippen LogP contribution is 2.18. The van der Waals surface area contributed by atoms with E-state index in [0.29, 0.717) is 19.5 Å². The molecule has 3 rings (SSSR count). The molecule has 2 aromatic carbocycles. The van der Waals surface area contributed by atoms with Crippen LogP contribution in [-0.2, 0) is 33.8 Å². The monoisotopic (exact) mass is 408 g/mol. The summed E-state index contributed by atoms with van der Waals surface area (Å²) < 4.78 is 6.80. The summed E-state index contributed by atoms with van der Waals surface area (Å²) in [5.41, 5.74) is 2.91.